The molecule has 0 spiro atoms. The molecule has 0 aliphatic rings. The monoisotopic (exact) mass is 245 g/mol. The highest BCUT2D eigenvalue weighted by Gasteiger charge is 2.06. The summed E-state index contributed by atoms with van der Waals surface area (Å²) in [7, 11) is 1.70. The van der Waals surface area contributed by atoms with Gasteiger partial charge >= 0.3 is 0 Å². The Bertz CT molecular complexity index is 477. The van der Waals surface area contributed by atoms with E-state index >= 15 is 0 Å². The molecule has 1 heterocycles. The van der Waals surface area contributed by atoms with Crippen LogP contribution in [-0.2, 0) is 6.54 Å². The summed E-state index contributed by atoms with van der Waals surface area (Å²) in [5, 5.41) is 3.40. The zero-order valence-corrected chi connectivity index (χ0v) is 10.9. The molecule has 0 saturated carbocycles. The molecule has 0 unspecified atom stereocenters. The molecule has 3 nitrogen and oxygen atoms in total. The van der Waals surface area contributed by atoms with Crippen LogP contribution in [0.5, 0.6) is 5.75 Å². The summed E-state index contributed by atoms with van der Waals surface area (Å²) in [6.07, 6.45) is 4.57. The Hall–Kier alpha value is -1.74. The second-order valence-electron chi connectivity index (χ2n) is 4.22. The van der Waals surface area contributed by atoms with E-state index in [9.17, 15) is 0 Å². The summed E-state index contributed by atoms with van der Waals surface area (Å²) in [4.78, 5) is 0. The van der Waals surface area contributed by atoms with E-state index in [0.29, 0.717) is 0 Å². The Morgan fingerprint density at radius 1 is 1.22 bits per heavy atom. The zero-order chi connectivity index (χ0) is 12.8. The molecule has 1 aromatic heterocycles. The van der Waals surface area contributed by atoms with Gasteiger partial charge in [0.2, 0.25) is 0 Å². The normalized spacial score (nSPS) is 10.6. The highest BCUT2D eigenvalue weighted by molar-refractivity contribution is 5.64. The molecule has 3 heteroatoms. The van der Waals surface area contributed by atoms with Crippen LogP contribution in [0.15, 0.2) is 41.2 Å². The predicted octanol–water partition coefficient (Wildman–Crippen LogP) is 3.45. The molecular formula is C15H19NO2. The molecule has 0 saturated heterocycles. The zero-order valence-electron chi connectivity index (χ0n) is 10.9. The third-order valence-corrected chi connectivity index (χ3v) is 2.88. The van der Waals surface area contributed by atoms with Crippen molar-refractivity contribution in [3.05, 3.63) is 42.4 Å². The van der Waals surface area contributed by atoms with Gasteiger partial charge in [0.25, 0.3) is 0 Å². The predicted molar refractivity (Wildman–Crippen MR) is 72.7 cm³/mol. The lowest BCUT2D eigenvalue weighted by Crippen LogP contribution is -2.14. The third-order valence-electron chi connectivity index (χ3n) is 2.88. The van der Waals surface area contributed by atoms with Gasteiger partial charge in [-0.3, -0.25) is 0 Å². The van der Waals surface area contributed by atoms with E-state index in [2.05, 4.69) is 18.3 Å². The van der Waals surface area contributed by atoms with Crippen LogP contribution < -0.4 is 10.1 Å². The minimum absolute atomic E-state index is 0.822. The van der Waals surface area contributed by atoms with Crippen LogP contribution in [0, 0.1) is 0 Å². The SMILES string of the molecule is CCCNCc1cc(-c2ccoc2)ccc1OC. The lowest BCUT2D eigenvalue weighted by Gasteiger charge is -2.11. The van der Waals surface area contributed by atoms with Crippen molar-refractivity contribution in [2.75, 3.05) is 13.7 Å². The van der Waals surface area contributed by atoms with Crippen molar-refractivity contribution in [3.8, 4) is 16.9 Å². The minimum atomic E-state index is 0.822. The largest absolute Gasteiger partial charge is 0.496 e. The van der Waals surface area contributed by atoms with Crippen LogP contribution in [0.25, 0.3) is 11.1 Å². The van der Waals surface area contributed by atoms with Crippen molar-refractivity contribution >= 4 is 0 Å². The maximum absolute atomic E-state index is 5.38. The number of hydrogen-bond donors (Lipinski definition) is 1. The van der Waals surface area contributed by atoms with Crippen molar-refractivity contribution in [2.24, 2.45) is 0 Å². The Labute approximate surface area is 108 Å². The van der Waals surface area contributed by atoms with E-state index in [1.807, 2.05) is 18.2 Å². The first-order chi connectivity index (χ1) is 8.85. The fraction of sp³-hybridized carbons (Fsp3) is 0.333. The minimum Gasteiger partial charge on any atom is -0.496 e. The molecule has 0 aliphatic carbocycles. The van der Waals surface area contributed by atoms with Crippen LogP contribution in [0.2, 0.25) is 0 Å². The first-order valence-electron chi connectivity index (χ1n) is 6.25. The summed E-state index contributed by atoms with van der Waals surface area (Å²) in [5.74, 6) is 0.922. The maximum Gasteiger partial charge on any atom is 0.123 e. The maximum atomic E-state index is 5.38. The number of nitrogens with one attached hydrogen (secondary N) is 1. The summed E-state index contributed by atoms with van der Waals surface area (Å²) >= 11 is 0. The van der Waals surface area contributed by atoms with Crippen molar-refractivity contribution in [1.29, 1.82) is 0 Å². The van der Waals surface area contributed by atoms with Crippen LogP contribution in [-0.4, -0.2) is 13.7 Å². The Morgan fingerprint density at radius 2 is 2.11 bits per heavy atom. The van der Waals surface area contributed by atoms with Crippen molar-refractivity contribution in [3.63, 3.8) is 0 Å². The molecule has 2 aromatic rings. The van der Waals surface area contributed by atoms with Gasteiger partial charge in [0, 0.05) is 17.7 Å². The van der Waals surface area contributed by atoms with Gasteiger partial charge in [-0.1, -0.05) is 13.0 Å². The van der Waals surface area contributed by atoms with Crippen molar-refractivity contribution < 1.29 is 9.15 Å². The second-order valence-corrected chi connectivity index (χ2v) is 4.22. The second kappa shape index (κ2) is 6.26. The molecule has 0 radical (unpaired) electrons. The van der Waals surface area contributed by atoms with Gasteiger partial charge in [-0.15, -0.1) is 0 Å². The van der Waals surface area contributed by atoms with Gasteiger partial charge in [-0.2, -0.15) is 0 Å². The van der Waals surface area contributed by atoms with Gasteiger partial charge in [0.05, 0.1) is 19.6 Å². The Balaban J connectivity index is 2.22. The number of hydrogen-bond acceptors (Lipinski definition) is 3. The first-order valence-corrected chi connectivity index (χ1v) is 6.25. The van der Waals surface area contributed by atoms with Crippen LogP contribution >= 0.6 is 0 Å². The van der Waals surface area contributed by atoms with Crippen molar-refractivity contribution in [2.45, 2.75) is 19.9 Å². The fourth-order valence-corrected chi connectivity index (χ4v) is 1.92. The van der Waals surface area contributed by atoms with E-state index < -0.39 is 0 Å². The average molecular weight is 245 g/mol. The molecule has 0 aliphatic heterocycles. The molecule has 1 N–H and O–H groups in total. The van der Waals surface area contributed by atoms with Gasteiger partial charge in [0.1, 0.15) is 5.75 Å². The third kappa shape index (κ3) is 2.93. The average Bonchev–Trinajstić information content (AvgIpc) is 2.93. The van der Waals surface area contributed by atoms with Gasteiger partial charge in [-0.05, 0) is 36.7 Å². The molecule has 0 bridgehead atoms. The molecule has 96 valence electrons. The molecule has 0 atom stereocenters. The van der Waals surface area contributed by atoms with Crippen molar-refractivity contribution in [1.82, 2.24) is 5.32 Å². The van der Waals surface area contributed by atoms with E-state index in [0.717, 1.165) is 36.4 Å². The summed E-state index contributed by atoms with van der Waals surface area (Å²) < 4.78 is 10.5. The van der Waals surface area contributed by atoms with E-state index in [1.165, 1.54) is 5.56 Å². The molecular weight excluding hydrogens is 226 g/mol. The highest BCUT2D eigenvalue weighted by Crippen LogP contribution is 2.26. The first kappa shape index (κ1) is 12.7. The molecule has 0 fully saturated rings. The topological polar surface area (TPSA) is 34.4 Å². The van der Waals surface area contributed by atoms with Crippen LogP contribution in [0.1, 0.15) is 18.9 Å². The lowest BCUT2D eigenvalue weighted by atomic mass is 10.0. The van der Waals surface area contributed by atoms with Gasteiger partial charge in [0.15, 0.2) is 0 Å². The number of benzene rings is 1. The lowest BCUT2D eigenvalue weighted by molar-refractivity contribution is 0.408. The molecule has 2 rings (SSSR count). The highest BCUT2D eigenvalue weighted by atomic mass is 16.5. The van der Waals surface area contributed by atoms with Crippen LogP contribution in [0.4, 0.5) is 0 Å². The number of methoxy groups -OCH3 is 1. The van der Waals surface area contributed by atoms with Gasteiger partial charge in [-0.25, -0.2) is 0 Å². The van der Waals surface area contributed by atoms with E-state index in [1.54, 1.807) is 19.6 Å². The van der Waals surface area contributed by atoms with Gasteiger partial charge < -0.3 is 14.5 Å². The van der Waals surface area contributed by atoms with Crippen LogP contribution in [0.3, 0.4) is 0 Å². The smallest absolute Gasteiger partial charge is 0.123 e. The molecule has 18 heavy (non-hydrogen) atoms. The number of rotatable bonds is 6. The fourth-order valence-electron chi connectivity index (χ4n) is 1.92. The van der Waals surface area contributed by atoms with E-state index in [-0.39, 0.29) is 0 Å². The van der Waals surface area contributed by atoms with E-state index in [4.69, 9.17) is 9.15 Å². The molecule has 1 aromatic carbocycles. The standard InChI is InChI=1S/C15H19NO2/c1-3-7-16-10-14-9-12(4-5-15(14)17-2)13-6-8-18-11-13/h4-6,8-9,11,16H,3,7,10H2,1-2H3. The summed E-state index contributed by atoms with van der Waals surface area (Å²) in [6.45, 7) is 3.99. The summed E-state index contributed by atoms with van der Waals surface area (Å²) in [6, 6.07) is 8.16. The molecule has 0 amide bonds. The number of furan rings is 1. The Morgan fingerprint density at radius 3 is 2.78 bits per heavy atom. The quantitative estimate of drug-likeness (QED) is 0.791. The Kier molecular flexibility index (Phi) is 4.42. The summed E-state index contributed by atoms with van der Waals surface area (Å²) in [5.41, 5.74) is 3.41. The number of ether oxygens (including phenoxy) is 1.